The van der Waals surface area contributed by atoms with Crippen LogP contribution in [-0.2, 0) is 10.0 Å². The van der Waals surface area contributed by atoms with Crippen LogP contribution in [-0.4, -0.2) is 25.1 Å². The predicted octanol–water partition coefficient (Wildman–Crippen LogP) is 2.31. The minimum Gasteiger partial charge on any atom is -0.387 e. The molecule has 0 radical (unpaired) electrons. The third-order valence-electron chi connectivity index (χ3n) is 3.28. The molecule has 7 heteroatoms. The van der Waals surface area contributed by atoms with Crippen molar-refractivity contribution in [2.45, 2.75) is 11.0 Å². The highest BCUT2D eigenvalue weighted by Crippen LogP contribution is 2.30. The van der Waals surface area contributed by atoms with Crippen molar-refractivity contribution >= 4 is 31.4 Å². The SMILES string of the molecule is O=S(=O)(NC[C@H](O)c1csc2ccccc12)c1cccnc1. The van der Waals surface area contributed by atoms with Gasteiger partial charge in [-0.25, -0.2) is 13.1 Å². The van der Waals surface area contributed by atoms with Gasteiger partial charge in [-0.1, -0.05) is 18.2 Å². The van der Waals surface area contributed by atoms with Crippen molar-refractivity contribution in [1.29, 1.82) is 0 Å². The molecule has 2 heterocycles. The van der Waals surface area contributed by atoms with Crippen molar-refractivity contribution in [3.63, 3.8) is 0 Å². The van der Waals surface area contributed by atoms with Crippen LogP contribution < -0.4 is 4.72 Å². The molecule has 114 valence electrons. The molecule has 0 aliphatic rings. The number of nitrogens with one attached hydrogen (secondary N) is 1. The Balaban J connectivity index is 1.76. The zero-order chi connectivity index (χ0) is 15.6. The van der Waals surface area contributed by atoms with Gasteiger partial charge in [-0.3, -0.25) is 4.98 Å². The lowest BCUT2D eigenvalue weighted by molar-refractivity contribution is 0.184. The van der Waals surface area contributed by atoms with Gasteiger partial charge in [0.05, 0.1) is 6.10 Å². The second-order valence-electron chi connectivity index (χ2n) is 4.74. The number of hydrogen-bond donors (Lipinski definition) is 2. The van der Waals surface area contributed by atoms with Crippen molar-refractivity contribution in [3.8, 4) is 0 Å². The Morgan fingerprint density at radius 2 is 2.05 bits per heavy atom. The summed E-state index contributed by atoms with van der Waals surface area (Å²) in [4.78, 5) is 3.87. The average Bonchev–Trinajstić information content (AvgIpc) is 2.98. The smallest absolute Gasteiger partial charge is 0.242 e. The molecule has 0 amide bonds. The third kappa shape index (κ3) is 3.02. The molecule has 0 aliphatic carbocycles. The number of aliphatic hydroxyl groups excluding tert-OH is 1. The molecule has 0 aliphatic heterocycles. The Hall–Kier alpha value is -1.80. The van der Waals surface area contributed by atoms with Gasteiger partial charge in [0.2, 0.25) is 10.0 Å². The second-order valence-corrected chi connectivity index (χ2v) is 7.42. The highest BCUT2D eigenvalue weighted by atomic mass is 32.2. The number of hydrogen-bond acceptors (Lipinski definition) is 5. The van der Waals surface area contributed by atoms with Crippen LogP contribution in [0, 0.1) is 0 Å². The van der Waals surface area contributed by atoms with Gasteiger partial charge in [-0.05, 0) is 29.0 Å². The van der Waals surface area contributed by atoms with E-state index in [-0.39, 0.29) is 11.4 Å². The van der Waals surface area contributed by atoms with E-state index in [0.29, 0.717) is 0 Å². The highest BCUT2D eigenvalue weighted by molar-refractivity contribution is 7.89. The summed E-state index contributed by atoms with van der Waals surface area (Å²) < 4.78 is 27.7. The molecule has 0 unspecified atom stereocenters. The predicted molar refractivity (Wildman–Crippen MR) is 86.2 cm³/mol. The molecule has 2 aromatic heterocycles. The van der Waals surface area contributed by atoms with Crippen LogP contribution in [0.25, 0.3) is 10.1 Å². The summed E-state index contributed by atoms with van der Waals surface area (Å²) >= 11 is 1.52. The molecule has 1 aromatic carbocycles. The maximum absolute atomic E-state index is 12.1. The van der Waals surface area contributed by atoms with Crippen LogP contribution in [0.1, 0.15) is 11.7 Å². The molecule has 0 saturated heterocycles. The second kappa shape index (κ2) is 6.13. The molecule has 0 fully saturated rings. The minimum absolute atomic E-state index is 0.0809. The molecule has 0 spiro atoms. The van der Waals surface area contributed by atoms with Gasteiger partial charge in [0.1, 0.15) is 4.90 Å². The highest BCUT2D eigenvalue weighted by Gasteiger charge is 2.18. The first-order chi connectivity index (χ1) is 10.6. The van der Waals surface area contributed by atoms with Crippen LogP contribution in [0.2, 0.25) is 0 Å². The van der Waals surface area contributed by atoms with Crippen LogP contribution in [0.4, 0.5) is 0 Å². The molecule has 0 bridgehead atoms. The molecule has 22 heavy (non-hydrogen) atoms. The number of sulfonamides is 1. The number of pyridine rings is 1. The van der Waals surface area contributed by atoms with E-state index >= 15 is 0 Å². The average molecular weight is 334 g/mol. The summed E-state index contributed by atoms with van der Waals surface area (Å²) in [6.45, 7) is -0.0854. The van der Waals surface area contributed by atoms with Crippen molar-refractivity contribution in [2.24, 2.45) is 0 Å². The zero-order valence-electron chi connectivity index (χ0n) is 11.5. The van der Waals surface area contributed by atoms with Crippen molar-refractivity contribution < 1.29 is 13.5 Å². The van der Waals surface area contributed by atoms with Gasteiger partial charge in [0.15, 0.2) is 0 Å². The van der Waals surface area contributed by atoms with E-state index in [0.717, 1.165) is 15.6 Å². The van der Waals surface area contributed by atoms with Crippen molar-refractivity contribution in [2.75, 3.05) is 6.54 Å². The van der Waals surface area contributed by atoms with Gasteiger partial charge in [-0.2, -0.15) is 0 Å². The Kier molecular flexibility index (Phi) is 4.21. The maximum Gasteiger partial charge on any atom is 0.242 e. The first-order valence-corrected chi connectivity index (χ1v) is 8.98. The largest absolute Gasteiger partial charge is 0.387 e. The number of fused-ring (bicyclic) bond motifs is 1. The van der Waals surface area contributed by atoms with E-state index in [4.69, 9.17) is 0 Å². The summed E-state index contributed by atoms with van der Waals surface area (Å²) in [5.41, 5.74) is 0.731. The molecule has 3 rings (SSSR count). The monoisotopic (exact) mass is 334 g/mol. The molecule has 1 atom stereocenters. The number of benzene rings is 1. The van der Waals surface area contributed by atoms with E-state index < -0.39 is 16.1 Å². The van der Waals surface area contributed by atoms with E-state index in [1.807, 2.05) is 29.6 Å². The van der Waals surface area contributed by atoms with Crippen LogP contribution in [0.15, 0.2) is 59.1 Å². The summed E-state index contributed by atoms with van der Waals surface area (Å²) in [5.74, 6) is 0. The van der Waals surface area contributed by atoms with E-state index in [9.17, 15) is 13.5 Å². The third-order valence-corrected chi connectivity index (χ3v) is 5.67. The van der Waals surface area contributed by atoms with Gasteiger partial charge in [0, 0.05) is 29.2 Å². The number of nitrogens with zero attached hydrogens (tertiary/aromatic N) is 1. The Bertz CT molecular complexity index is 876. The Morgan fingerprint density at radius 3 is 2.82 bits per heavy atom. The van der Waals surface area contributed by atoms with Crippen molar-refractivity contribution in [3.05, 3.63) is 59.7 Å². The number of rotatable bonds is 5. The fraction of sp³-hybridized carbons (Fsp3) is 0.133. The number of aliphatic hydroxyl groups is 1. The van der Waals surface area contributed by atoms with E-state index in [2.05, 4.69) is 9.71 Å². The normalized spacial score (nSPS) is 13.3. The summed E-state index contributed by atoms with van der Waals surface area (Å²) in [5, 5.41) is 13.1. The quantitative estimate of drug-likeness (QED) is 0.750. The zero-order valence-corrected chi connectivity index (χ0v) is 13.1. The maximum atomic E-state index is 12.1. The minimum atomic E-state index is -3.67. The van der Waals surface area contributed by atoms with E-state index in [1.54, 1.807) is 6.07 Å². The van der Waals surface area contributed by atoms with Crippen LogP contribution >= 0.6 is 11.3 Å². The number of thiophene rings is 1. The Labute approximate surface area is 132 Å². The molecule has 5 nitrogen and oxygen atoms in total. The van der Waals surface area contributed by atoms with Crippen LogP contribution in [0.5, 0.6) is 0 Å². The lowest BCUT2D eigenvalue weighted by Gasteiger charge is -2.12. The van der Waals surface area contributed by atoms with Crippen LogP contribution in [0.3, 0.4) is 0 Å². The van der Waals surface area contributed by atoms with Gasteiger partial charge in [-0.15, -0.1) is 11.3 Å². The molecular formula is C15H14N2O3S2. The summed E-state index contributed by atoms with van der Waals surface area (Å²) in [6.07, 6.45) is 1.88. The summed E-state index contributed by atoms with van der Waals surface area (Å²) in [6, 6.07) is 10.7. The molecule has 2 N–H and O–H groups in total. The first-order valence-electron chi connectivity index (χ1n) is 6.62. The first kappa shape index (κ1) is 15.1. The Morgan fingerprint density at radius 1 is 1.23 bits per heavy atom. The molecular weight excluding hydrogens is 320 g/mol. The van der Waals surface area contributed by atoms with Gasteiger partial charge < -0.3 is 5.11 Å². The van der Waals surface area contributed by atoms with Crippen molar-refractivity contribution in [1.82, 2.24) is 9.71 Å². The van der Waals surface area contributed by atoms with Gasteiger partial charge in [0.25, 0.3) is 0 Å². The topological polar surface area (TPSA) is 79.3 Å². The molecule has 3 aromatic rings. The van der Waals surface area contributed by atoms with E-state index in [1.165, 1.54) is 29.8 Å². The van der Waals surface area contributed by atoms with Gasteiger partial charge >= 0.3 is 0 Å². The standard InChI is InChI=1S/C15H14N2O3S2/c18-14(13-10-21-15-6-2-1-5-12(13)15)9-17-22(19,20)11-4-3-7-16-8-11/h1-8,10,14,17-18H,9H2/t14-/m0/s1. The number of aromatic nitrogens is 1. The fourth-order valence-corrected chi connectivity index (χ4v) is 4.15. The fourth-order valence-electron chi connectivity index (χ4n) is 2.14. The molecule has 0 saturated carbocycles. The lowest BCUT2D eigenvalue weighted by Crippen LogP contribution is -2.28. The summed E-state index contributed by atoms with van der Waals surface area (Å²) in [7, 11) is -3.67. The lowest BCUT2D eigenvalue weighted by atomic mass is 10.1.